The Bertz CT molecular complexity index is 444. The van der Waals surface area contributed by atoms with E-state index in [-0.39, 0.29) is 18.8 Å². The Balaban J connectivity index is 2.81. The lowest BCUT2D eigenvalue weighted by Crippen LogP contribution is -2.50. The number of ether oxygens (including phenoxy) is 1. The first-order chi connectivity index (χ1) is 8.38. The maximum Gasteiger partial charge on any atom is 0.305 e. The zero-order valence-corrected chi connectivity index (χ0v) is 11.6. The highest BCUT2D eigenvalue weighted by molar-refractivity contribution is 9.10. The van der Waals surface area contributed by atoms with Gasteiger partial charge in [-0.05, 0) is 28.9 Å². The van der Waals surface area contributed by atoms with Crippen LogP contribution in [0.3, 0.4) is 0 Å². The molecule has 1 unspecified atom stereocenters. The van der Waals surface area contributed by atoms with Gasteiger partial charge in [-0.1, -0.05) is 0 Å². The van der Waals surface area contributed by atoms with E-state index in [1.807, 2.05) is 0 Å². The second-order valence-electron chi connectivity index (χ2n) is 4.12. The summed E-state index contributed by atoms with van der Waals surface area (Å²) in [6.45, 7) is 1.68. The first kappa shape index (κ1) is 14.7. The van der Waals surface area contributed by atoms with E-state index in [9.17, 15) is 9.59 Å². The molecule has 1 heterocycles. The lowest BCUT2D eigenvalue weighted by Gasteiger charge is -2.28. The van der Waals surface area contributed by atoms with Gasteiger partial charge in [0.1, 0.15) is 0 Å². The molecule has 0 saturated carbocycles. The number of carboxylic acid groups (broad SMARTS) is 1. The summed E-state index contributed by atoms with van der Waals surface area (Å²) in [7, 11) is 1.44. The molecule has 1 aromatic rings. The molecule has 0 aromatic carbocycles. The zero-order chi connectivity index (χ0) is 13.8. The van der Waals surface area contributed by atoms with Gasteiger partial charge in [-0.2, -0.15) is 0 Å². The second-order valence-corrected chi connectivity index (χ2v) is 4.97. The van der Waals surface area contributed by atoms with Gasteiger partial charge >= 0.3 is 5.97 Å². The summed E-state index contributed by atoms with van der Waals surface area (Å²) < 4.78 is 10.5. The normalized spacial score (nSPS) is 13.9. The van der Waals surface area contributed by atoms with Crippen molar-refractivity contribution < 1.29 is 23.8 Å². The Kier molecular flexibility index (Phi) is 4.92. The number of amides is 1. The average Bonchev–Trinajstić information content (AvgIpc) is 2.62. The topological polar surface area (TPSA) is 88.8 Å². The van der Waals surface area contributed by atoms with Crippen LogP contribution in [0.15, 0.2) is 21.2 Å². The summed E-state index contributed by atoms with van der Waals surface area (Å²) in [5.74, 6) is -1.41. The van der Waals surface area contributed by atoms with Crippen LogP contribution in [0.5, 0.6) is 0 Å². The minimum atomic E-state index is -1.02. The van der Waals surface area contributed by atoms with E-state index < -0.39 is 17.4 Å². The third-order valence-electron chi connectivity index (χ3n) is 2.24. The van der Waals surface area contributed by atoms with E-state index in [1.54, 1.807) is 13.0 Å². The molecule has 0 aliphatic heterocycles. The van der Waals surface area contributed by atoms with Crippen molar-refractivity contribution in [1.29, 1.82) is 0 Å². The van der Waals surface area contributed by atoms with Gasteiger partial charge in [0.2, 0.25) is 5.76 Å². The maximum absolute atomic E-state index is 11.9. The fourth-order valence-electron chi connectivity index (χ4n) is 1.57. The lowest BCUT2D eigenvalue weighted by atomic mass is 9.99. The van der Waals surface area contributed by atoms with Crippen LogP contribution in [-0.2, 0) is 9.53 Å². The van der Waals surface area contributed by atoms with Crippen LogP contribution in [0.1, 0.15) is 23.9 Å². The number of carboxylic acids is 1. The van der Waals surface area contributed by atoms with E-state index in [0.717, 1.165) is 0 Å². The Hall–Kier alpha value is -1.34. The van der Waals surface area contributed by atoms with E-state index in [1.165, 1.54) is 13.4 Å². The fourth-order valence-corrected chi connectivity index (χ4v) is 1.95. The molecular weight excluding hydrogens is 306 g/mol. The minimum absolute atomic E-state index is 0.0867. The van der Waals surface area contributed by atoms with Gasteiger partial charge in [0, 0.05) is 7.11 Å². The molecule has 7 heteroatoms. The summed E-state index contributed by atoms with van der Waals surface area (Å²) >= 11 is 3.16. The van der Waals surface area contributed by atoms with Crippen LogP contribution < -0.4 is 5.32 Å². The van der Waals surface area contributed by atoms with Crippen LogP contribution in [0.2, 0.25) is 0 Å². The molecule has 0 spiro atoms. The third kappa shape index (κ3) is 3.85. The molecule has 0 radical (unpaired) electrons. The first-order valence-electron chi connectivity index (χ1n) is 5.14. The number of hydrogen-bond acceptors (Lipinski definition) is 4. The number of carbonyl (C=O) groups excluding carboxylic acids is 1. The molecule has 1 amide bonds. The van der Waals surface area contributed by atoms with E-state index in [4.69, 9.17) is 14.3 Å². The number of nitrogens with one attached hydrogen (secondary N) is 1. The fraction of sp³-hybridized carbons (Fsp3) is 0.455. The molecule has 0 saturated heterocycles. The van der Waals surface area contributed by atoms with Crippen molar-refractivity contribution in [2.45, 2.75) is 18.9 Å². The molecule has 0 bridgehead atoms. The third-order valence-corrected chi connectivity index (χ3v) is 2.87. The molecule has 18 heavy (non-hydrogen) atoms. The van der Waals surface area contributed by atoms with Gasteiger partial charge in [-0.15, -0.1) is 0 Å². The van der Waals surface area contributed by atoms with Crippen LogP contribution in [0.25, 0.3) is 0 Å². The van der Waals surface area contributed by atoms with Crippen LogP contribution in [0.4, 0.5) is 0 Å². The van der Waals surface area contributed by atoms with Gasteiger partial charge in [-0.25, -0.2) is 0 Å². The van der Waals surface area contributed by atoms with Crippen molar-refractivity contribution in [1.82, 2.24) is 5.32 Å². The molecule has 0 fully saturated rings. The van der Waals surface area contributed by atoms with Crippen molar-refractivity contribution in [2.24, 2.45) is 0 Å². The predicted octanol–water partition coefficient (Wildman–Crippen LogP) is 1.65. The molecular formula is C11H14BrNO5. The highest BCUT2D eigenvalue weighted by Gasteiger charge is 2.31. The van der Waals surface area contributed by atoms with Crippen molar-refractivity contribution in [3.05, 3.63) is 22.6 Å². The highest BCUT2D eigenvalue weighted by Crippen LogP contribution is 2.19. The van der Waals surface area contributed by atoms with E-state index >= 15 is 0 Å². The molecule has 1 atom stereocenters. The Morgan fingerprint density at radius 2 is 2.28 bits per heavy atom. The highest BCUT2D eigenvalue weighted by atomic mass is 79.9. The minimum Gasteiger partial charge on any atom is -0.481 e. The molecule has 1 rings (SSSR count). The summed E-state index contributed by atoms with van der Waals surface area (Å²) in [5, 5.41) is 11.4. The van der Waals surface area contributed by atoms with Gasteiger partial charge < -0.3 is 19.6 Å². The first-order valence-corrected chi connectivity index (χ1v) is 5.93. The number of methoxy groups -OCH3 is 1. The van der Waals surface area contributed by atoms with E-state index in [0.29, 0.717) is 4.47 Å². The summed E-state index contributed by atoms with van der Waals surface area (Å²) in [6.07, 6.45) is 1.12. The van der Waals surface area contributed by atoms with Gasteiger partial charge in [0.25, 0.3) is 5.91 Å². The van der Waals surface area contributed by atoms with Crippen molar-refractivity contribution in [3.8, 4) is 0 Å². The Morgan fingerprint density at radius 1 is 1.61 bits per heavy atom. The molecule has 6 nitrogen and oxygen atoms in total. The number of rotatable bonds is 6. The van der Waals surface area contributed by atoms with Gasteiger partial charge in [-0.3, -0.25) is 9.59 Å². The standard InChI is InChI=1S/C11H14BrNO5/c1-11(6-17-2,5-8(14)15)13-10(16)9-7(12)3-4-18-9/h3-4H,5-6H2,1-2H3,(H,13,16)(H,14,15). The smallest absolute Gasteiger partial charge is 0.305 e. The molecule has 0 aliphatic carbocycles. The average molecular weight is 320 g/mol. The van der Waals surface area contributed by atoms with Crippen LogP contribution in [0, 0.1) is 0 Å². The molecule has 100 valence electrons. The van der Waals surface area contributed by atoms with E-state index in [2.05, 4.69) is 21.2 Å². The monoisotopic (exact) mass is 319 g/mol. The Labute approximate surface area is 112 Å². The number of aliphatic carboxylic acids is 1. The number of carbonyl (C=O) groups is 2. The van der Waals surface area contributed by atoms with Gasteiger partial charge in [0.05, 0.1) is 29.3 Å². The van der Waals surface area contributed by atoms with Gasteiger partial charge in [0.15, 0.2) is 0 Å². The molecule has 0 aliphatic rings. The number of hydrogen-bond donors (Lipinski definition) is 2. The van der Waals surface area contributed by atoms with Crippen molar-refractivity contribution in [2.75, 3.05) is 13.7 Å². The molecule has 2 N–H and O–H groups in total. The summed E-state index contributed by atoms with van der Waals surface area (Å²) in [5.41, 5.74) is -0.996. The largest absolute Gasteiger partial charge is 0.481 e. The maximum atomic E-state index is 11.9. The number of halogens is 1. The zero-order valence-electron chi connectivity index (χ0n) is 10.0. The summed E-state index contributed by atoms with van der Waals surface area (Å²) in [6, 6.07) is 1.58. The lowest BCUT2D eigenvalue weighted by molar-refractivity contribution is -0.139. The Morgan fingerprint density at radius 3 is 2.72 bits per heavy atom. The van der Waals surface area contributed by atoms with Crippen molar-refractivity contribution in [3.63, 3.8) is 0 Å². The van der Waals surface area contributed by atoms with Crippen LogP contribution in [-0.4, -0.2) is 36.2 Å². The number of furan rings is 1. The van der Waals surface area contributed by atoms with Crippen molar-refractivity contribution >= 4 is 27.8 Å². The second kappa shape index (κ2) is 6.01. The predicted molar refractivity (Wildman–Crippen MR) is 66.4 cm³/mol. The summed E-state index contributed by atoms with van der Waals surface area (Å²) in [4.78, 5) is 22.7. The molecule has 1 aromatic heterocycles. The SMILES string of the molecule is COCC(C)(CC(=O)O)NC(=O)c1occc1Br. The quantitative estimate of drug-likeness (QED) is 0.832. The van der Waals surface area contributed by atoms with Crippen LogP contribution >= 0.6 is 15.9 Å².